The van der Waals surface area contributed by atoms with Gasteiger partial charge in [0.05, 0.1) is 25.4 Å². The number of rotatable bonds is 2. The maximum Gasteiger partial charge on any atom is 0.257 e. The Morgan fingerprint density at radius 1 is 1.17 bits per heavy atom. The fraction of sp³-hybridized carbons (Fsp3) is 0.385. The Morgan fingerprint density at radius 3 is 2.72 bits per heavy atom. The molecule has 2 heterocycles. The molecule has 5 nitrogen and oxygen atoms in total. The minimum Gasteiger partial charge on any atom is -0.491 e. The Labute approximate surface area is 105 Å². The molecule has 0 amide bonds. The molecule has 2 aromatic heterocycles. The van der Waals surface area contributed by atoms with Crippen LogP contribution in [0.3, 0.4) is 0 Å². The van der Waals surface area contributed by atoms with E-state index in [0.29, 0.717) is 17.1 Å². The van der Waals surface area contributed by atoms with Crippen molar-refractivity contribution in [2.45, 2.75) is 19.3 Å². The smallest absolute Gasteiger partial charge is 0.257 e. The van der Waals surface area contributed by atoms with Gasteiger partial charge in [-0.1, -0.05) is 0 Å². The minimum absolute atomic E-state index is 0.441. The highest BCUT2D eigenvalue weighted by Crippen LogP contribution is 2.35. The maximum absolute atomic E-state index is 6.19. The number of aryl methyl sites for hydroxylation is 1. The first-order valence-corrected chi connectivity index (χ1v) is 5.94. The molecule has 0 saturated heterocycles. The molecule has 1 aliphatic carbocycles. The van der Waals surface area contributed by atoms with Gasteiger partial charge >= 0.3 is 0 Å². The van der Waals surface area contributed by atoms with Gasteiger partial charge in [-0.25, -0.2) is 4.98 Å². The first-order chi connectivity index (χ1) is 8.74. The molecule has 0 aliphatic heterocycles. The third-order valence-corrected chi connectivity index (χ3v) is 3.37. The molecule has 0 radical (unpaired) electrons. The second kappa shape index (κ2) is 4.01. The van der Waals surface area contributed by atoms with Gasteiger partial charge in [0.15, 0.2) is 5.75 Å². The lowest BCUT2D eigenvalue weighted by molar-refractivity contribution is 0.344. The Kier molecular flexibility index (Phi) is 2.47. The van der Waals surface area contributed by atoms with Gasteiger partial charge in [0.25, 0.3) is 5.88 Å². The van der Waals surface area contributed by atoms with Crippen LogP contribution in [0.4, 0.5) is 5.69 Å². The molecular formula is C13H15N3O2. The number of anilines is 1. The molecule has 0 fully saturated rings. The summed E-state index contributed by atoms with van der Waals surface area (Å²) in [5.41, 5.74) is 10.6. The predicted octanol–water partition coefficient (Wildman–Crippen LogP) is 1.72. The Bertz CT molecular complexity index is 625. The fourth-order valence-electron chi connectivity index (χ4n) is 2.47. The third-order valence-electron chi connectivity index (χ3n) is 3.37. The summed E-state index contributed by atoms with van der Waals surface area (Å²) in [5, 5.41) is 0. The summed E-state index contributed by atoms with van der Waals surface area (Å²) in [5.74, 6) is 1.02. The molecule has 5 heteroatoms. The van der Waals surface area contributed by atoms with E-state index in [0.717, 1.165) is 41.7 Å². The van der Waals surface area contributed by atoms with Crippen molar-refractivity contribution in [3.8, 4) is 11.6 Å². The molecule has 0 aromatic carbocycles. The lowest BCUT2D eigenvalue weighted by Crippen LogP contribution is -2.02. The molecule has 94 valence electrons. The number of pyridine rings is 2. The van der Waals surface area contributed by atoms with Crippen molar-refractivity contribution in [2.24, 2.45) is 0 Å². The number of ether oxygens (including phenoxy) is 2. The zero-order valence-corrected chi connectivity index (χ0v) is 10.5. The molecule has 0 saturated carbocycles. The van der Waals surface area contributed by atoms with Crippen LogP contribution in [0, 0.1) is 0 Å². The van der Waals surface area contributed by atoms with Gasteiger partial charge in [0.1, 0.15) is 5.52 Å². The third kappa shape index (κ3) is 1.47. The highest BCUT2D eigenvalue weighted by molar-refractivity contribution is 5.90. The average Bonchev–Trinajstić information content (AvgIpc) is 2.86. The van der Waals surface area contributed by atoms with Crippen molar-refractivity contribution < 1.29 is 9.47 Å². The van der Waals surface area contributed by atoms with Crippen LogP contribution in [0.2, 0.25) is 0 Å². The summed E-state index contributed by atoms with van der Waals surface area (Å²) in [6.07, 6.45) is 3.08. The number of nitrogens with two attached hydrogens (primary N) is 1. The van der Waals surface area contributed by atoms with Gasteiger partial charge < -0.3 is 15.2 Å². The van der Waals surface area contributed by atoms with Crippen LogP contribution in [0.1, 0.15) is 17.7 Å². The summed E-state index contributed by atoms with van der Waals surface area (Å²) in [6.45, 7) is 0. The number of nitrogen functional groups attached to an aromatic ring is 1. The molecule has 0 atom stereocenters. The Morgan fingerprint density at radius 2 is 2.00 bits per heavy atom. The molecule has 0 bridgehead atoms. The van der Waals surface area contributed by atoms with Crippen LogP contribution < -0.4 is 15.2 Å². The monoisotopic (exact) mass is 245 g/mol. The predicted molar refractivity (Wildman–Crippen MR) is 69.1 cm³/mol. The molecule has 2 N–H and O–H groups in total. The zero-order chi connectivity index (χ0) is 12.7. The number of fused-ring (bicyclic) bond motifs is 2. The molecular weight excluding hydrogens is 230 g/mol. The van der Waals surface area contributed by atoms with Gasteiger partial charge in [-0.15, -0.1) is 0 Å². The largest absolute Gasteiger partial charge is 0.491 e. The quantitative estimate of drug-likeness (QED) is 0.872. The van der Waals surface area contributed by atoms with Gasteiger partial charge in [-0.3, -0.25) is 4.98 Å². The molecule has 18 heavy (non-hydrogen) atoms. The number of aromatic nitrogens is 2. The van der Waals surface area contributed by atoms with Crippen LogP contribution in [-0.2, 0) is 12.8 Å². The second-order valence-electron chi connectivity index (χ2n) is 4.37. The second-order valence-corrected chi connectivity index (χ2v) is 4.37. The van der Waals surface area contributed by atoms with Crippen molar-refractivity contribution >= 4 is 16.7 Å². The lowest BCUT2D eigenvalue weighted by atomic mass is 10.1. The van der Waals surface area contributed by atoms with Crippen molar-refractivity contribution in [3.63, 3.8) is 0 Å². The molecule has 3 rings (SSSR count). The standard InChI is InChI=1S/C13H15N3O2/c1-17-10-6-9-12(16-13(10)18-2)11(14)7-4-3-5-8(7)15-9/h6H,3-5H2,1-2H3,(H2,14,15). The van der Waals surface area contributed by atoms with E-state index in [4.69, 9.17) is 15.2 Å². The van der Waals surface area contributed by atoms with E-state index in [9.17, 15) is 0 Å². The lowest BCUT2D eigenvalue weighted by Gasteiger charge is -2.11. The molecule has 1 aliphatic rings. The first kappa shape index (κ1) is 11.1. The fourth-order valence-corrected chi connectivity index (χ4v) is 2.47. The summed E-state index contributed by atoms with van der Waals surface area (Å²) < 4.78 is 10.4. The highest BCUT2D eigenvalue weighted by atomic mass is 16.5. The van der Waals surface area contributed by atoms with Gasteiger partial charge in [0, 0.05) is 11.8 Å². The van der Waals surface area contributed by atoms with Crippen LogP contribution in [0.25, 0.3) is 11.0 Å². The number of nitrogens with zero attached hydrogens (tertiary/aromatic N) is 2. The van der Waals surface area contributed by atoms with E-state index in [1.54, 1.807) is 14.2 Å². The summed E-state index contributed by atoms with van der Waals surface area (Å²) >= 11 is 0. The zero-order valence-electron chi connectivity index (χ0n) is 10.5. The van der Waals surface area contributed by atoms with Crippen LogP contribution in [-0.4, -0.2) is 24.2 Å². The van der Waals surface area contributed by atoms with Crippen LogP contribution in [0.15, 0.2) is 6.07 Å². The van der Waals surface area contributed by atoms with E-state index >= 15 is 0 Å². The van der Waals surface area contributed by atoms with E-state index in [2.05, 4.69) is 9.97 Å². The molecule has 0 spiro atoms. The Hall–Kier alpha value is -2.04. The van der Waals surface area contributed by atoms with E-state index in [1.807, 2.05) is 6.07 Å². The van der Waals surface area contributed by atoms with E-state index in [1.165, 1.54) is 0 Å². The van der Waals surface area contributed by atoms with Crippen molar-refractivity contribution in [1.82, 2.24) is 9.97 Å². The summed E-state index contributed by atoms with van der Waals surface area (Å²) in [7, 11) is 3.15. The van der Waals surface area contributed by atoms with Crippen molar-refractivity contribution in [3.05, 3.63) is 17.3 Å². The average molecular weight is 245 g/mol. The maximum atomic E-state index is 6.19. The number of methoxy groups -OCH3 is 2. The van der Waals surface area contributed by atoms with E-state index in [-0.39, 0.29) is 0 Å². The highest BCUT2D eigenvalue weighted by Gasteiger charge is 2.20. The summed E-state index contributed by atoms with van der Waals surface area (Å²) in [6, 6.07) is 1.83. The first-order valence-electron chi connectivity index (χ1n) is 5.94. The number of hydrogen-bond acceptors (Lipinski definition) is 5. The SMILES string of the molecule is COc1cc2nc3c(c(N)c2nc1OC)CCC3. The molecule has 0 unspecified atom stereocenters. The van der Waals surface area contributed by atoms with Gasteiger partial charge in [0.2, 0.25) is 0 Å². The van der Waals surface area contributed by atoms with Crippen LogP contribution >= 0.6 is 0 Å². The van der Waals surface area contributed by atoms with Crippen LogP contribution in [0.5, 0.6) is 11.6 Å². The minimum atomic E-state index is 0.441. The Balaban J connectivity index is 2.33. The summed E-state index contributed by atoms with van der Waals surface area (Å²) in [4.78, 5) is 9.03. The normalized spacial score (nSPS) is 13.7. The number of hydrogen-bond donors (Lipinski definition) is 1. The molecule has 2 aromatic rings. The van der Waals surface area contributed by atoms with Crippen molar-refractivity contribution in [2.75, 3.05) is 20.0 Å². The van der Waals surface area contributed by atoms with Crippen molar-refractivity contribution in [1.29, 1.82) is 0 Å². The van der Waals surface area contributed by atoms with Gasteiger partial charge in [-0.2, -0.15) is 0 Å². The topological polar surface area (TPSA) is 70.3 Å². The van der Waals surface area contributed by atoms with Gasteiger partial charge in [-0.05, 0) is 24.8 Å². The van der Waals surface area contributed by atoms with E-state index < -0.39 is 0 Å².